The Bertz CT molecular complexity index is 968. The molecule has 8 nitrogen and oxygen atoms in total. The van der Waals surface area contributed by atoms with Crippen molar-refractivity contribution in [2.45, 2.75) is 58.5 Å². The standard InChI is InChI=1S/C23H25O8P/c1-3-5-7-9-10-11-12-14-15-17-22(24)29-19-21(20-30-32(26,27)28)31-23(25)18-16-13-8-6-4-2/h21H,4,6,8,13,16,18-20H2,1-2H3,(H2,26,27,28)/t21-/m0/s1. The summed E-state index contributed by atoms with van der Waals surface area (Å²) in [5, 5.41) is 0. The molecule has 9 heteroatoms. The number of phosphoric acid groups is 1. The van der Waals surface area contributed by atoms with Crippen LogP contribution in [0.15, 0.2) is 0 Å². The summed E-state index contributed by atoms with van der Waals surface area (Å²) in [6.07, 6.45) is 3.57. The largest absolute Gasteiger partial charge is 0.469 e. The number of rotatable bonds is 12. The number of esters is 2. The molecule has 0 amide bonds. The van der Waals surface area contributed by atoms with Crippen molar-refractivity contribution in [3.63, 3.8) is 0 Å². The van der Waals surface area contributed by atoms with Gasteiger partial charge in [-0.3, -0.25) is 9.32 Å². The van der Waals surface area contributed by atoms with Crippen molar-refractivity contribution in [3.8, 4) is 59.2 Å². The first kappa shape index (κ1) is 28.8. The molecule has 0 heterocycles. The van der Waals surface area contributed by atoms with Gasteiger partial charge >= 0.3 is 19.8 Å². The van der Waals surface area contributed by atoms with Crippen LogP contribution in [-0.2, 0) is 28.2 Å². The first-order valence-electron chi connectivity index (χ1n) is 9.77. The maximum absolute atomic E-state index is 11.9. The molecule has 0 aromatic carbocycles. The van der Waals surface area contributed by atoms with E-state index < -0.39 is 39.1 Å². The van der Waals surface area contributed by atoms with E-state index in [-0.39, 0.29) is 6.42 Å². The van der Waals surface area contributed by atoms with Gasteiger partial charge in [0.1, 0.15) is 6.61 Å². The summed E-state index contributed by atoms with van der Waals surface area (Å²) in [4.78, 5) is 41.2. The van der Waals surface area contributed by atoms with Gasteiger partial charge in [-0.2, -0.15) is 0 Å². The topological polar surface area (TPSA) is 119 Å². The van der Waals surface area contributed by atoms with E-state index in [0.717, 1.165) is 25.7 Å². The first-order chi connectivity index (χ1) is 15.3. The van der Waals surface area contributed by atoms with E-state index in [2.05, 4.69) is 70.7 Å². The molecule has 0 saturated heterocycles. The Morgan fingerprint density at radius 1 is 0.875 bits per heavy atom. The van der Waals surface area contributed by atoms with Crippen molar-refractivity contribution in [1.29, 1.82) is 0 Å². The molecule has 170 valence electrons. The Hall–Kier alpha value is -3.15. The summed E-state index contributed by atoms with van der Waals surface area (Å²) < 4.78 is 25.2. The summed E-state index contributed by atoms with van der Waals surface area (Å²) in [5.41, 5.74) is 0. The van der Waals surface area contributed by atoms with E-state index >= 15 is 0 Å². The van der Waals surface area contributed by atoms with E-state index in [1.165, 1.54) is 0 Å². The van der Waals surface area contributed by atoms with Gasteiger partial charge in [0.25, 0.3) is 0 Å². The fourth-order valence-corrected chi connectivity index (χ4v) is 2.31. The van der Waals surface area contributed by atoms with Gasteiger partial charge in [0.05, 0.1) is 6.61 Å². The Kier molecular flexibility index (Phi) is 16.8. The molecule has 0 aliphatic rings. The average Bonchev–Trinajstić information content (AvgIpc) is 2.73. The smallest absolute Gasteiger partial charge is 0.456 e. The van der Waals surface area contributed by atoms with Gasteiger partial charge in [0.2, 0.25) is 0 Å². The van der Waals surface area contributed by atoms with Gasteiger partial charge in [-0.05, 0) is 60.7 Å². The zero-order valence-corrected chi connectivity index (χ0v) is 18.9. The van der Waals surface area contributed by atoms with Gasteiger partial charge < -0.3 is 19.3 Å². The van der Waals surface area contributed by atoms with Crippen LogP contribution in [-0.4, -0.2) is 41.0 Å². The number of phosphoric ester groups is 1. The fraction of sp³-hybridized carbons (Fsp3) is 0.478. The number of carbonyl (C=O) groups excluding carboxylic acids is 2. The first-order valence-corrected chi connectivity index (χ1v) is 11.3. The highest BCUT2D eigenvalue weighted by Crippen LogP contribution is 2.35. The van der Waals surface area contributed by atoms with Crippen LogP contribution in [0.1, 0.15) is 52.4 Å². The minimum absolute atomic E-state index is 0.135. The number of carbonyl (C=O) groups is 2. The van der Waals surface area contributed by atoms with Crippen molar-refractivity contribution < 1.29 is 37.9 Å². The van der Waals surface area contributed by atoms with E-state index in [4.69, 9.17) is 19.3 Å². The molecule has 0 bridgehead atoms. The molecule has 0 unspecified atom stereocenters. The molecular weight excluding hydrogens is 435 g/mol. The zero-order valence-electron chi connectivity index (χ0n) is 18.0. The quantitative estimate of drug-likeness (QED) is 0.149. The number of hydrogen-bond donors (Lipinski definition) is 2. The Labute approximate surface area is 189 Å². The predicted octanol–water partition coefficient (Wildman–Crippen LogP) is 1.95. The van der Waals surface area contributed by atoms with E-state index in [1.807, 2.05) is 0 Å². The van der Waals surface area contributed by atoms with Gasteiger partial charge in [0, 0.05) is 12.3 Å². The SMILES string of the molecule is CC#CC#CC#CC#CC#CC(=O)OC[C@@H](COP(=O)(O)O)OC(=O)CCCCCCC. The van der Waals surface area contributed by atoms with Crippen molar-refractivity contribution in [1.82, 2.24) is 0 Å². The van der Waals surface area contributed by atoms with Crippen LogP contribution in [0.5, 0.6) is 0 Å². The molecule has 0 aliphatic heterocycles. The number of hydrogen-bond acceptors (Lipinski definition) is 6. The van der Waals surface area contributed by atoms with Crippen LogP contribution in [0.4, 0.5) is 0 Å². The normalized spacial score (nSPS) is 10.0. The third-order valence-corrected chi connectivity index (χ3v) is 3.82. The molecular formula is C23H25O8P. The lowest BCUT2D eigenvalue weighted by molar-refractivity contribution is -0.158. The minimum atomic E-state index is -4.79. The Morgan fingerprint density at radius 3 is 2.06 bits per heavy atom. The summed E-state index contributed by atoms with van der Waals surface area (Å²) in [6.45, 7) is 2.58. The average molecular weight is 460 g/mol. The molecule has 0 saturated carbocycles. The fourth-order valence-electron chi connectivity index (χ4n) is 1.95. The monoisotopic (exact) mass is 460 g/mol. The van der Waals surface area contributed by atoms with Crippen LogP contribution in [0.3, 0.4) is 0 Å². The Morgan fingerprint density at radius 2 is 1.47 bits per heavy atom. The van der Waals surface area contributed by atoms with Crippen molar-refractivity contribution in [2.75, 3.05) is 13.2 Å². The molecule has 0 rings (SSSR count). The lowest BCUT2D eigenvalue weighted by Crippen LogP contribution is -2.29. The molecule has 0 aromatic rings. The maximum atomic E-state index is 11.9. The van der Waals surface area contributed by atoms with Gasteiger partial charge in [-0.15, -0.1) is 0 Å². The zero-order chi connectivity index (χ0) is 24.1. The second kappa shape index (κ2) is 18.6. The van der Waals surface area contributed by atoms with E-state index in [1.54, 1.807) is 6.92 Å². The minimum Gasteiger partial charge on any atom is -0.456 e. The molecule has 2 N–H and O–H groups in total. The van der Waals surface area contributed by atoms with Gasteiger partial charge in [0.15, 0.2) is 6.10 Å². The number of ether oxygens (including phenoxy) is 2. The molecule has 0 spiro atoms. The van der Waals surface area contributed by atoms with Gasteiger partial charge in [-0.1, -0.05) is 38.5 Å². The molecule has 1 atom stereocenters. The lowest BCUT2D eigenvalue weighted by Gasteiger charge is -2.17. The van der Waals surface area contributed by atoms with E-state index in [0.29, 0.717) is 6.42 Å². The molecule has 0 fully saturated rings. The molecule has 0 radical (unpaired) electrons. The van der Waals surface area contributed by atoms with Crippen LogP contribution in [0, 0.1) is 59.2 Å². The third-order valence-electron chi connectivity index (χ3n) is 3.34. The third kappa shape index (κ3) is 20.1. The highest BCUT2D eigenvalue weighted by molar-refractivity contribution is 7.46. The van der Waals surface area contributed by atoms with Crippen LogP contribution >= 0.6 is 7.82 Å². The summed E-state index contributed by atoms with van der Waals surface area (Å²) in [5.74, 6) is 22.2. The summed E-state index contributed by atoms with van der Waals surface area (Å²) in [6, 6.07) is 0. The molecule has 0 aromatic heterocycles. The van der Waals surface area contributed by atoms with Crippen molar-refractivity contribution in [2.24, 2.45) is 0 Å². The predicted molar refractivity (Wildman–Crippen MR) is 117 cm³/mol. The van der Waals surface area contributed by atoms with Crippen molar-refractivity contribution in [3.05, 3.63) is 0 Å². The molecule has 0 aliphatic carbocycles. The number of unbranched alkanes of at least 4 members (excludes halogenated alkanes) is 4. The highest BCUT2D eigenvalue weighted by atomic mass is 31.2. The van der Waals surface area contributed by atoms with Crippen LogP contribution in [0.25, 0.3) is 0 Å². The van der Waals surface area contributed by atoms with Gasteiger partial charge in [-0.25, -0.2) is 9.36 Å². The van der Waals surface area contributed by atoms with Crippen LogP contribution in [0.2, 0.25) is 0 Å². The summed E-state index contributed by atoms with van der Waals surface area (Å²) >= 11 is 0. The second-order valence-corrected chi connectivity index (χ2v) is 7.28. The molecule has 32 heavy (non-hydrogen) atoms. The van der Waals surface area contributed by atoms with Crippen LogP contribution < -0.4 is 0 Å². The Balaban J connectivity index is 4.65. The van der Waals surface area contributed by atoms with Crippen molar-refractivity contribution >= 4 is 19.8 Å². The van der Waals surface area contributed by atoms with E-state index in [9.17, 15) is 14.2 Å². The highest BCUT2D eigenvalue weighted by Gasteiger charge is 2.22. The lowest BCUT2D eigenvalue weighted by atomic mass is 10.1. The second-order valence-electron chi connectivity index (χ2n) is 6.04. The summed E-state index contributed by atoms with van der Waals surface area (Å²) in [7, 11) is -4.79. The maximum Gasteiger partial charge on any atom is 0.469 e.